The zero-order chi connectivity index (χ0) is 13.3. The standard InChI is InChI=1S/C10H17BN2O2.C2H6/c1-7-8(6-12-13-7)11-14-9(2,3)10(4,5)15-11;1-2/h6H,1-5H3,(H,12,13);1-2H3. The molecule has 0 aromatic carbocycles. The van der Waals surface area contributed by atoms with Crippen LogP contribution in [0.15, 0.2) is 6.20 Å². The summed E-state index contributed by atoms with van der Waals surface area (Å²) in [6.45, 7) is 14.1. The van der Waals surface area contributed by atoms with Crippen LogP contribution in [-0.4, -0.2) is 28.5 Å². The summed E-state index contributed by atoms with van der Waals surface area (Å²) in [5, 5.41) is 6.87. The van der Waals surface area contributed by atoms with E-state index >= 15 is 0 Å². The zero-order valence-electron chi connectivity index (χ0n) is 11.9. The molecule has 1 aromatic heterocycles. The van der Waals surface area contributed by atoms with Gasteiger partial charge in [0.25, 0.3) is 0 Å². The molecule has 1 aromatic rings. The summed E-state index contributed by atoms with van der Waals surface area (Å²) in [5.74, 6) is 0. The lowest BCUT2D eigenvalue weighted by Crippen LogP contribution is -2.41. The Bertz CT molecular complexity index is 358. The van der Waals surface area contributed by atoms with Gasteiger partial charge in [-0.25, -0.2) is 0 Å². The van der Waals surface area contributed by atoms with Crippen LogP contribution in [0.25, 0.3) is 0 Å². The molecule has 0 bridgehead atoms. The molecule has 0 atom stereocenters. The number of nitrogens with zero attached hydrogens (tertiary/aromatic N) is 1. The summed E-state index contributed by atoms with van der Waals surface area (Å²) >= 11 is 0. The zero-order valence-corrected chi connectivity index (χ0v) is 11.9. The maximum atomic E-state index is 5.91. The molecular weight excluding hydrogens is 215 g/mol. The molecule has 0 saturated carbocycles. The molecule has 1 aliphatic heterocycles. The first kappa shape index (κ1) is 14.3. The topological polar surface area (TPSA) is 47.1 Å². The Hall–Kier alpha value is -0.805. The molecule has 1 N–H and O–H groups in total. The molecule has 17 heavy (non-hydrogen) atoms. The van der Waals surface area contributed by atoms with Crippen LogP contribution in [0.5, 0.6) is 0 Å². The van der Waals surface area contributed by atoms with E-state index in [1.807, 2.05) is 48.5 Å². The van der Waals surface area contributed by atoms with Gasteiger partial charge in [-0.2, -0.15) is 5.10 Å². The summed E-state index contributed by atoms with van der Waals surface area (Å²) in [4.78, 5) is 0. The fourth-order valence-corrected chi connectivity index (χ4v) is 1.57. The van der Waals surface area contributed by atoms with Crippen molar-refractivity contribution in [3.63, 3.8) is 0 Å². The quantitative estimate of drug-likeness (QED) is 0.761. The Morgan fingerprint density at radius 3 is 1.94 bits per heavy atom. The van der Waals surface area contributed by atoms with E-state index < -0.39 is 0 Å². The van der Waals surface area contributed by atoms with Gasteiger partial charge in [0.2, 0.25) is 0 Å². The molecule has 4 nitrogen and oxygen atoms in total. The van der Waals surface area contributed by atoms with E-state index in [4.69, 9.17) is 9.31 Å². The molecule has 0 amide bonds. The maximum absolute atomic E-state index is 5.91. The minimum absolute atomic E-state index is 0.290. The summed E-state index contributed by atoms with van der Waals surface area (Å²) in [6.07, 6.45) is 1.76. The van der Waals surface area contributed by atoms with Crippen LogP contribution in [0.3, 0.4) is 0 Å². The number of H-pyrrole nitrogens is 1. The van der Waals surface area contributed by atoms with E-state index in [1.54, 1.807) is 6.20 Å². The molecule has 1 saturated heterocycles. The number of aromatic nitrogens is 2. The van der Waals surface area contributed by atoms with Crippen LogP contribution in [0, 0.1) is 6.92 Å². The lowest BCUT2D eigenvalue weighted by molar-refractivity contribution is 0.00578. The molecule has 2 heterocycles. The van der Waals surface area contributed by atoms with Gasteiger partial charge >= 0.3 is 7.12 Å². The van der Waals surface area contributed by atoms with Gasteiger partial charge in [-0.15, -0.1) is 0 Å². The number of aryl methyl sites for hydroxylation is 1. The third kappa shape index (κ3) is 2.55. The van der Waals surface area contributed by atoms with E-state index in [9.17, 15) is 0 Å². The maximum Gasteiger partial charge on any atom is 0.498 e. The van der Waals surface area contributed by atoms with Crippen molar-refractivity contribution in [3.05, 3.63) is 11.9 Å². The van der Waals surface area contributed by atoms with Gasteiger partial charge in [-0.3, -0.25) is 5.10 Å². The Kier molecular flexibility index (Phi) is 4.04. The van der Waals surface area contributed by atoms with Crippen molar-refractivity contribution in [1.82, 2.24) is 10.2 Å². The highest BCUT2D eigenvalue weighted by molar-refractivity contribution is 6.62. The third-order valence-corrected chi connectivity index (χ3v) is 3.38. The van der Waals surface area contributed by atoms with Crippen LogP contribution in [0.4, 0.5) is 0 Å². The first-order chi connectivity index (χ1) is 7.83. The fourth-order valence-electron chi connectivity index (χ4n) is 1.57. The van der Waals surface area contributed by atoms with Crippen molar-refractivity contribution >= 4 is 12.6 Å². The second kappa shape index (κ2) is 4.82. The average Bonchev–Trinajstić information content (AvgIpc) is 2.73. The molecule has 0 aliphatic carbocycles. The van der Waals surface area contributed by atoms with Gasteiger partial charge in [0.05, 0.1) is 11.2 Å². The highest BCUT2D eigenvalue weighted by atomic mass is 16.7. The molecule has 0 radical (unpaired) electrons. The Labute approximate surface area is 104 Å². The average molecular weight is 238 g/mol. The molecule has 5 heteroatoms. The van der Waals surface area contributed by atoms with Crippen molar-refractivity contribution in [3.8, 4) is 0 Å². The summed E-state index contributed by atoms with van der Waals surface area (Å²) in [7, 11) is -0.311. The monoisotopic (exact) mass is 238 g/mol. The minimum atomic E-state index is -0.311. The van der Waals surface area contributed by atoms with Crippen molar-refractivity contribution in [2.75, 3.05) is 0 Å². The SMILES string of the molecule is CC.Cc1[nH]ncc1B1OC(C)(C)C(C)(C)O1. The normalized spacial score (nSPS) is 21.0. The van der Waals surface area contributed by atoms with Crippen molar-refractivity contribution < 1.29 is 9.31 Å². The van der Waals surface area contributed by atoms with E-state index in [0.29, 0.717) is 0 Å². The number of hydrogen-bond donors (Lipinski definition) is 1. The second-order valence-corrected chi connectivity index (χ2v) is 5.04. The van der Waals surface area contributed by atoms with Crippen LogP contribution < -0.4 is 5.46 Å². The van der Waals surface area contributed by atoms with E-state index in [1.165, 1.54) is 0 Å². The van der Waals surface area contributed by atoms with Crippen molar-refractivity contribution in [1.29, 1.82) is 0 Å². The van der Waals surface area contributed by atoms with Gasteiger partial charge < -0.3 is 9.31 Å². The van der Waals surface area contributed by atoms with Gasteiger partial charge in [-0.1, -0.05) is 13.8 Å². The molecule has 1 fully saturated rings. The molecular formula is C12H23BN2O2. The lowest BCUT2D eigenvalue weighted by atomic mass is 9.79. The number of hydrogen-bond acceptors (Lipinski definition) is 3. The van der Waals surface area contributed by atoms with Crippen LogP contribution in [-0.2, 0) is 9.31 Å². The third-order valence-electron chi connectivity index (χ3n) is 3.38. The summed E-state index contributed by atoms with van der Waals surface area (Å²) < 4.78 is 11.8. The van der Waals surface area contributed by atoms with E-state index in [-0.39, 0.29) is 18.3 Å². The molecule has 0 spiro atoms. The van der Waals surface area contributed by atoms with Crippen LogP contribution >= 0.6 is 0 Å². The second-order valence-electron chi connectivity index (χ2n) is 5.04. The van der Waals surface area contributed by atoms with Crippen LogP contribution in [0.2, 0.25) is 0 Å². The predicted molar refractivity (Wildman–Crippen MR) is 70.4 cm³/mol. The first-order valence-corrected chi connectivity index (χ1v) is 6.19. The highest BCUT2D eigenvalue weighted by Crippen LogP contribution is 2.36. The first-order valence-electron chi connectivity index (χ1n) is 6.19. The molecule has 96 valence electrons. The highest BCUT2D eigenvalue weighted by Gasteiger charge is 2.52. The minimum Gasteiger partial charge on any atom is -0.399 e. The largest absolute Gasteiger partial charge is 0.498 e. The van der Waals surface area contributed by atoms with Crippen molar-refractivity contribution in [2.24, 2.45) is 0 Å². The molecule has 2 rings (SSSR count). The van der Waals surface area contributed by atoms with Crippen molar-refractivity contribution in [2.45, 2.75) is 59.7 Å². The fraction of sp³-hybridized carbons (Fsp3) is 0.750. The number of aromatic amines is 1. The van der Waals surface area contributed by atoms with Gasteiger partial charge in [0, 0.05) is 17.4 Å². The smallest absolute Gasteiger partial charge is 0.399 e. The van der Waals surface area contributed by atoms with E-state index in [0.717, 1.165) is 11.2 Å². The lowest BCUT2D eigenvalue weighted by Gasteiger charge is -2.32. The predicted octanol–water partition coefficient (Wildman–Crippen LogP) is 2.04. The van der Waals surface area contributed by atoms with Gasteiger partial charge in [0.15, 0.2) is 0 Å². The van der Waals surface area contributed by atoms with Gasteiger partial charge in [-0.05, 0) is 34.6 Å². The number of nitrogens with one attached hydrogen (secondary N) is 1. The molecule has 1 aliphatic rings. The summed E-state index contributed by atoms with van der Waals surface area (Å²) in [5.41, 5.74) is 1.39. The molecule has 0 unspecified atom stereocenters. The Morgan fingerprint density at radius 1 is 1.12 bits per heavy atom. The number of rotatable bonds is 1. The van der Waals surface area contributed by atoms with Gasteiger partial charge in [0.1, 0.15) is 0 Å². The van der Waals surface area contributed by atoms with Crippen LogP contribution in [0.1, 0.15) is 47.2 Å². The Balaban J connectivity index is 0.000000686. The Morgan fingerprint density at radius 2 is 1.59 bits per heavy atom. The summed E-state index contributed by atoms with van der Waals surface area (Å²) in [6, 6.07) is 0. The van der Waals surface area contributed by atoms with E-state index in [2.05, 4.69) is 10.2 Å².